The van der Waals surface area contributed by atoms with E-state index in [9.17, 15) is 14.3 Å². The zero-order chi connectivity index (χ0) is 23.8. The van der Waals surface area contributed by atoms with Crippen LogP contribution in [0.15, 0.2) is 66.9 Å². The van der Waals surface area contributed by atoms with E-state index < -0.39 is 11.4 Å². The summed E-state index contributed by atoms with van der Waals surface area (Å²) < 4.78 is 13.9. The van der Waals surface area contributed by atoms with Crippen molar-refractivity contribution in [1.82, 2.24) is 10.3 Å². The fraction of sp³-hybridized carbons (Fsp3) is 0.308. The van der Waals surface area contributed by atoms with Gasteiger partial charge in [-0.05, 0) is 74.2 Å². The number of hydrogen-bond donors (Lipinski definition) is 4. The Bertz CT molecular complexity index is 1090. The molecular weight excluding hydrogens is 419 g/mol. The van der Waals surface area contributed by atoms with Gasteiger partial charge in [0.05, 0.1) is 11.1 Å². The molecule has 0 saturated carbocycles. The minimum absolute atomic E-state index is 0.0651. The quantitative estimate of drug-likeness (QED) is 0.342. The Morgan fingerprint density at radius 1 is 1.12 bits per heavy atom. The first-order valence-corrected chi connectivity index (χ1v) is 11.0. The number of carboxylic acid groups (broad SMARTS) is 1. The van der Waals surface area contributed by atoms with Gasteiger partial charge in [-0.15, -0.1) is 0 Å². The summed E-state index contributed by atoms with van der Waals surface area (Å²) in [5.74, 6) is -0.685. The predicted octanol–water partition coefficient (Wildman–Crippen LogP) is 4.54. The van der Waals surface area contributed by atoms with E-state index in [2.05, 4.69) is 15.6 Å². The number of aliphatic carboxylic acids is 1. The molecule has 0 aliphatic carbocycles. The van der Waals surface area contributed by atoms with Crippen molar-refractivity contribution in [2.75, 3.05) is 24.1 Å². The minimum atomic E-state index is -0.951. The Morgan fingerprint density at radius 3 is 2.64 bits per heavy atom. The molecule has 0 aliphatic rings. The SMILES string of the molecule is CC(C)(C(=O)O)c1cccc(CCN[C@@H](CCNc2cccnc2N)c2cccc(F)c2)c1. The highest BCUT2D eigenvalue weighted by molar-refractivity contribution is 5.80. The van der Waals surface area contributed by atoms with Crippen LogP contribution in [0.2, 0.25) is 0 Å². The van der Waals surface area contributed by atoms with Gasteiger partial charge >= 0.3 is 5.97 Å². The second-order valence-corrected chi connectivity index (χ2v) is 8.59. The van der Waals surface area contributed by atoms with E-state index in [1.54, 1.807) is 32.2 Å². The van der Waals surface area contributed by atoms with Crippen molar-refractivity contribution in [3.05, 3.63) is 89.4 Å². The number of carboxylic acids is 1. The van der Waals surface area contributed by atoms with Gasteiger partial charge in [-0.2, -0.15) is 0 Å². The summed E-state index contributed by atoms with van der Waals surface area (Å²) in [5, 5.41) is 16.3. The average Bonchev–Trinajstić information content (AvgIpc) is 2.79. The molecule has 0 bridgehead atoms. The summed E-state index contributed by atoms with van der Waals surface area (Å²) >= 11 is 0. The smallest absolute Gasteiger partial charge is 0.313 e. The Labute approximate surface area is 194 Å². The van der Waals surface area contributed by atoms with E-state index in [0.717, 1.165) is 28.8 Å². The number of carbonyl (C=O) groups is 1. The maximum Gasteiger partial charge on any atom is 0.313 e. The molecule has 0 aliphatic heterocycles. The van der Waals surface area contributed by atoms with Gasteiger partial charge in [0, 0.05) is 18.8 Å². The molecule has 1 aromatic heterocycles. The number of nitrogens with one attached hydrogen (secondary N) is 2. The van der Waals surface area contributed by atoms with Crippen LogP contribution in [0.4, 0.5) is 15.9 Å². The Balaban J connectivity index is 1.64. The van der Waals surface area contributed by atoms with Crippen molar-refractivity contribution in [3.63, 3.8) is 0 Å². The van der Waals surface area contributed by atoms with Crippen molar-refractivity contribution >= 4 is 17.5 Å². The number of halogens is 1. The van der Waals surface area contributed by atoms with E-state index in [1.165, 1.54) is 6.07 Å². The first kappa shape index (κ1) is 24.2. The Morgan fingerprint density at radius 2 is 1.91 bits per heavy atom. The van der Waals surface area contributed by atoms with Crippen LogP contribution in [0.1, 0.15) is 43.0 Å². The van der Waals surface area contributed by atoms with Crippen LogP contribution >= 0.6 is 0 Å². The van der Waals surface area contributed by atoms with Crippen LogP contribution in [0.25, 0.3) is 0 Å². The second kappa shape index (κ2) is 10.9. The lowest BCUT2D eigenvalue weighted by atomic mass is 9.84. The van der Waals surface area contributed by atoms with Crippen LogP contribution in [0.5, 0.6) is 0 Å². The highest BCUT2D eigenvalue weighted by atomic mass is 19.1. The van der Waals surface area contributed by atoms with E-state index in [4.69, 9.17) is 5.73 Å². The van der Waals surface area contributed by atoms with E-state index in [-0.39, 0.29) is 11.9 Å². The average molecular weight is 451 g/mol. The number of aromatic nitrogens is 1. The summed E-state index contributed by atoms with van der Waals surface area (Å²) in [6, 6.07) is 17.9. The molecule has 33 heavy (non-hydrogen) atoms. The largest absolute Gasteiger partial charge is 0.481 e. The molecule has 0 fully saturated rings. The molecule has 3 rings (SSSR count). The van der Waals surface area contributed by atoms with Crippen LogP contribution in [-0.4, -0.2) is 29.1 Å². The third-order valence-electron chi connectivity index (χ3n) is 5.83. The van der Waals surface area contributed by atoms with Gasteiger partial charge in [-0.25, -0.2) is 9.37 Å². The Kier molecular flexibility index (Phi) is 8.01. The first-order valence-electron chi connectivity index (χ1n) is 11.0. The zero-order valence-electron chi connectivity index (χ0n) is 19.0. The van der Waals surface area contributed by atoms with Gasteiger partial charge in [-0.3, -0.25) is 4.79 Å². The molecule has 174 valence electrons. The fourth-order valence-electron chi connectivity index (χ4n) is 3.66. The van der Waals surface area contributed by atoms with Gasteiger partial charge in [0.2, 0.25) is 0 Å². The number of nitrogens with two attached hydrogens (primary N) is 1. The number of benzene rings is 2. The molecular formula is C26H31FN4O2. The molecule has 1 atom stereocenters. The molecule has 2 aromatic carbocycles. The molecule has 0 saturated heterocycles. The molecule has 7 heteroatoms. The molecule has 0 unspecified atom stereocenters. The molecule has 1 heterocycles. The van der Waals surface area contributed by atoms with Gasteiger partial charge in [0.15, 0.2) is 0 Å². The number of pyridine rings is 1. The summed E-state index contributed by atoms with van der Waals surface area (Å²) in [4.78, 5) is 15.7. The molecule has 6 nitrogen and oxygen atoms in total. The lowest BCUT2D eigenvalue weighted by molar-refractivity contribution is -0.142. The van der Waals surface area contributed by atoms with Gasteiger partial charge in [0.1, 0.15) is 11.6 Å². The maximum absolute atomic E-state index is 13.9. The lowest BCUT2D eigenvalue weighted by Crippen LogP contribution is -2.29. The van der Waals surface area contributed by atoms with Crippen LogP contribution in [0, 0.1) is 5.82 Å². The van der Waals surface area contributed by atoms with E-state index in [1.807, 2.05) is 42.5 Å². The van der Waals surface area contributed by atoms with Crippen molar-refractivity contribution in [1.29, 1.82) is 0 Å². The van der Waals surface area contributed by atoms with E-state index in [0.29, 0.717) is 25.3 Å². The zero-order valence-corrected chi connectivity index (χ0v) is 19.0. The number of nitrogens with zero attached hydrogens (tertiary/aromatic N) is 1. The highest BCUT2D eigenvalue weighted by Crippen LogP contribution is 2.25. The monoisotopic (exact) mass is 450 g/mol. The fourth-order valence-corrected chi connectivity index (χ4v) is 3.66. The van der Waals surface area contributed by atoms with Crippen molar-refractivity contribution in [3.8, 4) is 0 Å². The summed E-state index contributed by atoms with van der Waals surface area (Å²) in [6.07, 6.45) is 3.08. The summed E-state index contributed by atoms with van der Waals surface area (Å²) in [6.45, 7) is 4.70. The molecule has 5 N–H and O–H groups in total. The third-order valence-corrected chi connectivity index (χ3v) is 5.83. The summed E-state index contributed by atoms with van der Waals surface area (Å²) in [5.41, 5.74) is 8.41. The number of rotatable bonds is 11. The normalized spacial score (nSPS) is 12.3. The first-order chi connectivity index (χ1) is 15.8. The number of anilines is 2. The topological polar surface area (TPSA) is 100 Å². The van der Waals surface area contributed by atoms with Crippen LogP contribution in [-0.2, 0) is 16.6 Å². The number of nitrogen functional groups attached to an aromatic ring is 1. The minimum Gasteiger partial charge on any atom is -0.481 e. The summed E-state index contributed by atoms with van der Waals surface area (Å²) in [7, 11) is 0. The van der Waals surface area contributed by atoms with E-state index >= 15 is 0 Å². The van der Waals surface area contributed by atoms with Crippen LogP contribution < -0.4 is 16.4 Å². The second-order valence-electron chi connectivity index (χ2n) is 8.59. The molecule has 0 amide bonds. The van der Waals surface area contributed by atoms with Gasteiger partial charge < -0.3 is 21.5 Å². The van der Waals surface area contributed by atoms with Crippen LogP contribution in [0.3, 0.4) is 0 Å². The maximum atomic E-state index is 13.9. The van der Waals surface area contributed by atoms with Crippen molar-refractivity contribution in [2.24, 2.45) is 0 Å². The molecule has 3 aromatic rings. The third kappa shape index (κ3) is 6.52. The molecule has 0 spiro atoms. The Hall–Kier alpha value is -3.45. The van der Waals surface area contributed by atoms with Gasteiger partial charge in [-0.1, -0.05) is 36.4 Å². The lowest BCUT2D eigenvalue weighted by Gasteiger charge is -2.22. The highest BCUT2D eigenvalue weighted by Gasteiger charge is 2.29. The van der Waals surface area contributed by atoms with Gasteiger partial charge in [0.25, 0.3) is 0 Å². The predicted molar refractivity (Wildman–Crippen MR) is 130 cm³/mol. The van der Waals surface area contributed by atoms with Crippen molar-refractivity contribution in [2.45, 2.75) is 38.1 Å². The number of hydrogen-bond acceptors (Lipinski definition) is 5. The molecule has 0 radical (unpaired) electrons. The van der Waals surface area contributed by atoms with Crippen molar-refractivity contribution < 1.29 is 14.3 Å². The standard InChI is InChI=1S/C26H31FN4O2/c1-26(2,25(32)33)20-8-3-6-18(16-20)11-14-29-22(19-7-4-9-21(27)17-19)12-15-30-23-10-5-13-31-24(23)28/h3-10,13,16-17,22,29-30H,11-12,14-15H2,1-2H3,(H2,28,31)(H,32,33)/t22-/m0/s1.